The summed E-state index contributed by atoms with van der Waals surface area (Å²) in [6.45, 7) is 1.42. The van der Waals surface area contributed by atoms with Gasteiger partial charge in [0.25, 0.3) is 5.91 Å². The van der Waals surface area contributed by atoms with Crippen molar-refractivity contribution in [3.05, 3.63) is 63.9 Å². The van der Waals surface area contributed by atoms with Crippen LogP contribution < -0.4 is 5.32 Å². The Morgan fingerprint density at radius 2 is 1.78 bits per heavy atom. The molecular weight excluding hydrogens is 344 g/mol. The lowest BCUT2D eigenvalue weighted by atomic mass is 10.2. The third-order valence-electron chi connectivity index (χ3n) is 2.92. The third-order valence-corrected chi connectivity index (χ3v) is 3.48. The maximum Gasteiger partial charge on any atom is 0.340 e. The predicted molar refractivity (Wildman–Crippen MR) is 86.4 cm³/mol. The van der Waals surface area contributed by atoms with Gasteiger partial charge in [0, 0.05) is 10.7 Å². The van der Waals surface area contributed by atoms with Crippen molar-refractivity contribution < 1.29 is 18.7 Å². The van der Waals surface area contributed by atoms with Crippen molar-refractivity contribution in [3.8, 4) is 0 Å². The van der Waals surface area contributed by atoms with E-state index >= 15 is 0 Å². The molecule has 0 aromatic heterocycles. The van der Waals surface area contributed by atoms with Crippen LogP contribution >= 0.6 is 23.2 Å². The van der Waals surface area contributed by atoms with Gasteiger partial charge in [0.1, 0.15) is 5.82 Å². The number of anilines is 1. The van der Waals surface area contributed by atoms with E-state index in [1.165, 1.54) is 13.0 Å². The molecule has 0 bridgehead atoms. The number of carbonyl (C=O) groups excluding carboxylic acids is 2. The van der Waals surface area contributed by atoms with Crippen molar-refractivity contribution in [2.45, 2.75) is 13.0 Å². The van der Waals surface area contributed by atoms with E-state index in [0.717, 1.165) is 12.1 Å². The Balaban J connectivity index is 2.00. The Morgan fingerprint density at radius 1 is 1.13 bits per heavy atom. The number of benzene rings is 2. The zero-order valence-electron chi connectivity index (χ0n) is 12.0. The van der Waals surface area contributed by atoms with Crippen molar-refractivity contribution in [2.24, 2.45) is 0 Å². The summed E-state index contributed by atoms with van der Waals surface area (Å²) in [6.07, 6.45) is -1.06. The lowest BCUT2D eigenvalue weighted by molar-refractivity contribution is -0.123. The second-order valence-electron chi connectivity index (χ2n) is 4.67. The van der Waals surface area contributed by atoms with Crippen molar-refractivity contribution in [3.63, 3.8) is 0 Å². The van der Waals surface area contributed by atoms with Crippen LogP contribution in [0.5, 0.6) is 0 Å². The Morgan fingerprint density at radius 3 is 2.39 bits per heavy atom. The van der Waals surface area contributed by atoms with Crippen molar-refractivity contribution in [1.29, 1.82) is 0 Å². The Labute approximate surface area is 142 Å². The van der Waals surface area contributed by atoms with Gasteiger partial charge in [0.15, 0.2) is 6.10 Å². The highest BCUT2D eigenvalue weighted by Crippen LogP contribution is 2.19. The molecule has 7 heteroatoms. The molecule has 0 fully saturated rings. The van der Waals surface area contributed by atoms with E-state index in [9.17, 15) is 14.0 Å². The summed E-state index contributed by atoms with van der Waals surface area (Å²) < 4.78 is 18.0. The van der Waals surface area contributed by atoms with Crippen LogP contribution in [0.15, 0.2) is 42.5 Å². The van der Waals surface area contributed by atoms with Gasteiger partial charge in [-0.2, -0.15) is 0 Å². The van der Waals surface area contributed by atoms with Gasteiger partial charge in [-0.1, -0.05) is 23.2 Å². The molecule has 0 heterocycles. The second-order valence-corrected chi connectivity index (χ2v) is 5.51. The Kier molecular flexibility index (Phi) is 5.58. The molecule has 2 aromatic rings. The summed E-state index contributed by atoms with van der Waals surface area (Å²) in [7, 11) is 0. The molecule has 0 aliphatic heterocycles. The number of amides is 1. The van der Waals surface area contributed by atoms with Gasteiger partial charge in [-0.15, -0.1) is 0 Å². The number of halogens is 3. The fraction of sp³-hybridized carbons (Fsp3) is 0.125. The summed E-state index contributed by atoms with van der Waals surface area (Å²) in [5, 5.41) is 3.03. The van der Waals surface area contributed by atoms with E-state index in [1.807, 2.05) is 0 Å². The standard InChI is InChI=1S/C16H12Cl2FNO3/c1-9(15(21)20-12-5-2-10(17)3-6-12)23-16(22)13-7-4-11(19)8-14(13)18/h2-9H,1H3,(H,20,21)/t9-/m1/s1. The first-order chi connectivity index (χ1) is 10.9. The molecule has 23 heavy (non-hydrogen) atoms. The number of ether oxygens (including phenoxy) is 1. The molecule has 120 valence electrons. The van der Waals surface area contributed by atoms with Gasteiger partial charge in [0.05, 0.1) is 10.6 Å². The highest BCUT2D eigenvalue weighted by molar-refractivity contribution is 6.33. The topological polar surface area (TPSA) is 55.4 Å². The molecule has 0 aliphatic rings. The summed E-state index contributed by atoms with van der Waals surface area (Å²) in [4.78, 5) is 24.0. The van der Waals surface area contributed by atoms with Crippen molar-refractivity contribution in [1.82, 2.24) is 0 Å². The molecule has 0 saturated carbocycles. The average Bonchev–Trinajstić information content (AvgIpc) is 2.49. The van der Waals surface area contributed by atoms with Crippen molar-refractivity contribution in [2.75, 3.05) is 5.32 Å². The van der Waals surface area contributed by atoms with Crippen LogP contribution in [-0.4, -0.2) is 18.0 Å². The van der Waals surface area contributed by atoms with Crippen LogP contribution in [0.3, 0.4) is 0 Å². The first kappa shape index (κ1) is 17.2. The van der Waals surface area contributed by atoms with Gasteiger partial charge in [-0.05, 0) is 49.4 Å². The quantitative estimate of drug-likeness (QED) is 0.831. The van der Waals surface area contributed by atoms with Crippen LogP contribution in [0.25, 0.3) is 0 Å². The summed E-state index contributed by atoms with van der Waals surface area (Å²) in [5.41, 5.74) is 0.501. The van der Waals surface area contributed by atoms with Crippen LogP contribution in [0.4, 0.5) is 10.1 Å². The highest BCUT2D eigenvalue weighted by Gasteiger charge is 2.20. The largest absolute Gasteiger partial charge is 0.449 e. The zero-order valence-corrected chi connectivity index (χ0v) is 13.5. The van der Waals surface area contributed by atoms with Gasteiger partial charge in [-0.3, -0.25) is 4.79 Å². The van der Waals surface area contributed by atoms with E-state index in [0.29, 0.717) is 10.7 Å². The van der Waals surface area contributed by atoms with Crippen LogP contribution in [0.1, 0.15) is 17.3 Å². The molecule has 2 aromatic carbocycles. The lowest BCUT2D eigenvalue weighted by Crippen LogP contribution is -2.30. The molecule has 2 rings (SSSR count). The summed E-state index contributed by atoms with van der Waals surface area (Å²) in [5.74, 6) is -1.90. The molecular formula is C16H12Cl2FNO3. The molecule has 0 spiro atoms. The maximum atomic E-state index is 13.0. The average molecular weight is 356 g/mol. The molecule has 1 atom stereocenters. The number of hydrogen-bond donors (Lipinski definition) is 1. The molecule has 0 radical (unpaired) electrons. The second kappa shape index (κ2) is 7.44. The van der Waals surface area contributed by atoms with E-state index < -0.39 is 23.8 Å². The smallest absolute Gasteiger partial charge is 0.340 e. The maximum absolute atomic E-state index is 13.0. The van der Waals surface area contributed by atoms with E-state index in [4.69, 9.17) is 27.9 Å². The molecule has 0 unspecified atom stereocenters. The monoisotopic (exact) mass is 355 g/mol. The zero-order chi connectivity index (χ0) is 17.0. The minimum atomic E-state index is -1.06. The number of hydrogen-bond acceptors (Lipinski definition) is 3. The van der Waals surface area contributed by atoms with Gasteiger partial charge >= 0.3 is 5.97 Å². The van der Waals surface area contributed by atoms with E-state index in [-0.39, 0.29) is 10.6 Å². The molecule has 4 nitrogen and oxygen atoms in total. The number of nitrogens with one attached hydrogen (secondary N) is 1. The van der Waals surface area contributed by atoms with Crippen LogP contribution in [0.2, 0.25) is 10.0 Å². The highest BCUT2D eigenvalue weighted by atomic mass is 35.5. The normalized spacial score (nSPS) is 11.7. The van der Waals surface area contributed by atoms with Gasteiger partial charge < -0.3 is 10.1 Å². The fourth-order valence-electron chi connectivity index (χ4n) is 1.71. The summed E-state index contributed by atoms with van der Waals surface area (Å²) >= 11 is 11.5. The van der Waals surface area contributed by atoms with Crippen LogP contribution in [-0.2, 0) is 9.53 Å². The van der Waals surface area contributed by atoms with Crippen LogP contribution in [0, 0.1) is 5.82 Å². The third kappa shape index (κ3) is 4.68. The van der Waals surface area contributed by atoms with Gasteiger partial charge in [0.2, 0.25) is 0 Å². The molecule has 1 amide bonds. The predicted octanol–water partition coefficient (Wildman–Crippen LogP) is 4.32. The molecule has 0 aliphatic carbocycles. The minimum absolute atomic E-state index is 0.0146. The number of carbonyl (C=O) groups is 2. The number of esters is 1. The Hall–Kier alpha value is -2.11. The molecule has 1 N–H and O–H groups in total. The van der Waals surface area contributed by atoms with E-state index in [1.54, 1.807) is 24.3 Å². The Bertz CT molecular complexity index is 735. The SMILES string of the molecule is C[C@@H](OC(=O)c1ccc(F)cc1Cl)C(=O)Nc1ccc(Cl)cc1. The van der Waals surface area contributed by atoms with E-state index in [2.05, 4.69) is 5.32 Å². The summed E-state index contributed by atoms with van der Waals surface area (Å²) in [6, 6.07) is 9.75. The van der Waals surface area contributed by atoms with Crippen molar-refractivity contribution >= 4 is 40.8 Å². The lowest BCUT2D eigenvalue weighted by Gasteiger charge is -2.14. The molecule has 0 saturated heterocycles. The van der Waals surface area contributed by atoms with Gasteiger partial charge in [-0.25, -0.2) is 9.18 Å². The number of rotatable bonds is 4. The first-order valence-corrected chi connectivity index (χ1v) is 7.35. The first-order valence-electron chi connectivity index (χ1n) is 6.59. The fourth-order valence-corrected chi connectivity index (χ4v) is 2.08. The minimum Gasteiger partial charge on any atom is -0.449 e.